The van der Waals surface area contributed by atoms with Crippen LogP contribution in [0.1, 0.15) is 367 Å². The van der Waals surface area contributed by atoms with Crippen molar-refractivity contribution >= 4 is 11.9 Å². The maximum Gasteiger partial charge on any atom is 0.306 e. The van der Waals surface area contributed by atoms with E-state index in [4.69, 9.17) is 9.47 Å². The molecule has 1 unspecified atom stereocenters. The van der Waals surface area contributed by atoms with E-state index in [1.807, 2.05) is 0 Å². The molecule has 1 atom stereocenters. The molecule has 490 valence electrons. The summed E-state index contributed by atoms with van der Waals surface area (Å²) in [5, 5.41) is 9.71. The minimum atomic E-state index is -0.779. The van der Waals surface area contributed by atoms with E-state index >= 15 is 0 Å². The van der Waals surface area contributed by atoms with Gasteiger partial charge in [0.15, 0.2) is 6.10 Å². The van der Waals surface area contributed by atoms with Crippen LogP contribution in [0.15, 0.2) is 109 Å². The number of aliphatic hydroxyl groups excluding tert-OH is 1. The second-order valence-electron chi connectivity index (χ2n) is 24.7. The Morgan fingerprint density at radius 3 is 0.765 bits per heavy atom. The first-order valence-corrected chi connectivity index (χ1v) is 36.9. The molecular weight excluding hydrogens is 1040 g/mol. The number of carbonyl (C=O) groups is 2. The second kappa shape index (κ2) is 74.8. The summed E-state index contributed by atoms with van der Waals surface area (Å²) < 4.78 is 10.8. The van der Waals surface area contributed by atoms with Crippen molar-refractivity contribution in [3.05, 3.63) is 109 Å². The molecule has 0 aliphatic heterocycles. The lowest BCUT2D eigenvalue weighted by molar-refractivity contribution is -0.161. The molecule has 0 aromatic heterocycles. The molecule has 5 nitrogen and oxygen atoms in total. The fourth-order valence-corrected chi connectivity index (χ4v) is 10.8. The zero-order valence-corrected chi connectivity index (χ0v) is 56.4. The summed E-state index contributed by atoms with van der Waals surface area (Å²) >= 11 is 0. The van der Waals surface area contributed by atoms with Crippen LogP contribution in [0, 0.1) is 0 Å². The Kier molecular flexibility index (Phi) is 71.8. The Hall–Kier alpha value is -3.44. The number of rotatable bonds is 68. The molecule has 0 aliphatic rings. The summed E-state index contributed by atoms with van der Waals surface area (Å²) in [5.41, 5.74) is 0. The molecule has 0 fully saturated rings. The number of unbranched alkanes of at least 4 members (excludes halogenated alkanes) is 42. The van der Waals surface area contributed by atoms with Crippen LogP contribution in [0.25, 0.3) is 0 Å². The molecule has 0 saturated carbocycles. The van der Waals surface area contributed by atoms with E-state index in [1.165, 1.54) is 244 Å². The molecule has 85 heavy (non-hydrogen) atoms. The second-order valence-corrected chi connectivity index (χ2v) is 24.7. The Balaban J connectivity index is 3.48. The highest BCUT2D eigenvalue weighted by molar-refractivity contribution is 5.70. The molecule has 0 heterocycles. The van der Waals surface area contributed by atoms with Crippen molar-refractivity contribution in [3.63, 3.8) is 0 Å². The van der Waals surface area contributed by atoms with Crippen LogP contribution in [0.2, 0.25) is 0 Å². The van der Waals surface area contributed by atoms with Gasteiger partial charge in [0.25, 0.3) is 0 Å². The summed E-state index contributed by atoms with van der Waals surface area (Å²) in [6, 6.07) is 0. The summed E-state index contributed by atoms with van der Waals surface area (Å²) in [5.74, 6) is -0.581. The molecule has 5 heteroatoms. The molecule has 0 radical (unpaired) electrons. The van der Waals surface area contributed by atoms with Crippen LogP contribution in [-0.2, 0) is 19.1 Å². The highest BCUT2D eigenvalue weighted by Crippen LogP contribution is 2.19. The topological polar surface area (TPSA) is 72.8 Å². The third-order valence-electron chi connectivity index (χ3n) is 16.3. The molecule has 0 spiro atoms. The number of hydrogen-bond donors (Lipinski definition) is 1. The Bertz CT molecular complexity index is 1620. The fourth-order valence-electron chi connectivity index (χ4n) is 10.8. The van der Waals surface area contributed by atoms with Gasteiger partial charge in [-0.25, -0.2) is 0 Å². The first-order valence-electron chi connectivity index (χ1n) is 36.9. The lowest BCUT2D eigenvalue weighted by Crippen LogP contribution is -2.28. The first-order chi connectivity index (χ1) is 42.1. The predicted octanol–water partition coefficient (Wildman–Crippen LogP) is 25.9. The standard InChI is InChI=1S/C80H140O5/c1-3-5-7-9-11-13-15-17-19-21-23-25-27-29-31-33-35-37-38-39-40-41-42-43-45-47-49-51-53-55-57-59-61-63-65-67-69-71-73-75-80(83)85-78(76-81)77-84-79(82)74-72-70-68-66-64-62-60-58-56-54-52-50-48-46-44-36-34-32-30-28-26-24-22-20-18-16-14-12-10-8-6-4-2/h5,7,11,13,17,19,23,25,29,31,35,37,39-40,42-43,47,49,78,81H,3-4,6,8-10,12,14-16,18,20-22,24,26-28,30,32-34,36,38,41,44-46,48,50-77H2,1-2H3/b7-5-,13-11-,19-17-,25-23-,31-29-,37-35-,40-39-,43-42-,49-47-. The number of esters is 2. The summed E-state index contributed by atoms with van der Waals surface area (Å²) in [6.45, 7) is 4.07. The lowest BCUT2D eigenvalue weighted by Gasteiger charge is -2.15. The zero-order chi connectivity index (χ0) is 61.2. The molecule has 0 saturated heterocycles. The van der Waals surface area contributed by atoms with Gasteiger partial charge in [-0.3, -0.25) is 9.59 Å². The Morgan fingerprint density at radius 2 is 0.506 bits per heavy atom. The minimum Gasteiger partial charge on any atom is -0.462 e. The van der Waals surface area contributed by atoms with E-state index in [0.29, 0.717) is 12.8 Å². The molecule has 0 amide bonds. The van der Waals surface area contributed by atoms with Gasteiger partial charge in [-0.05, 0) is 83.5 Å². The minimum absolute atomic E-state index is 0.0671. The van der Waals surface area contributed by atoms with Crippen LogP contribution in [0.5, 0.6) is 0 Å². The summed E-state index contributed by atoms with van der Waals surface area (Å²) in [7, 11) is 0. The van der Waals surface area contributed by atoms with Gasteiger partial charge in [0.05, 0.1) is 6.61 Å². The van der Waals surface area contributed by atoms with Crippen molar-refractivity contribution in [1.82, 2.24) is 0 Å². The number of ether oxygens (including phenoxy) is 2. The van der Waals surface area contributed by atoms with Crippen LogP contribution in [0.3, 0.4) is 0 Å². The van der Waals surface area contributed by atoms with E-state index in [9.17, 15) is 14.7 Å². The molecule has 0 rings (SSSR count). The third-order valence-corrected chi connectivity index (χ3v) is 16.3. The number of carbonyl (C=O) groups excluding carboxylic acids is 2. The van der Waals surface area contributed by atoms with Gasteiger partial charge in [-0.1, -0.05) is 380 Å². The van der Waals surface area contributed by atoms with Gasteiger partial charge >= 0.3 is 11.9 Å². The number of allylic oxidation sites excluding steroid dienone is 18. The van der Waals surface area contributed by atoms with Crippen molar-refractivity contribution in [2.24, 2.45) is 0 Å². The van der Waals surface area contributed by atoms with E-state index in [-0.39, 0.29) is 25.2 Å². The molecule has 0 aliphatic carbocycles. The van der Waals surface area contributed by atoms with Gasteiger partial charge < -0.3 is 14.6 Å². The molecular formula is C80H140O5. The molecule has 0 bridgehead atoms. The highest BCUT2D eigenvalue weighted by Gasteiger charge is 2.16. The number of hydrogen-bond acceptors (Lipinski definition) is 5. The maximum atomic E-state index is 12.4. The van der Waals surface area contributed by atoms with E-state index in [0.717, 1.165) is 96.3 Å². The maximum absolute atomic E-state index is 12.4. The largest absolute Gasteiger partial charge is 0.462 e. The summed E-state index contributed by atoms with van der Waals surface area (Å²) in [6.07, 6.45) is 109. The summed E-state index contributed by atoms with van der Waals surface area (Å²) in [4.78, 5) is 24.7. The molecule has 0 aromatic carbocycles. The van der Waals surface area contributed by atoms with Crippen molar-refractivity contribution < 1.29 is 24.2 Å². The van der Waals surface area contributed by atoms with Gasteiger partial charge in [0.1, 0.15) is 6.61 Å². The van der Waals surface area contributed by atoms with Gasteiger partial charge in [-0.15, -0.1) is 0 Å². The van der Waals surface area contributed by atoms with E-state index in [1.54, 1.807) is 0 Å². The Labute approximate surface area is 529 Å². The average molecular weight is 1180 g/mol. The van der Waals surface area contributed by atoms with Gasteiger partial charge in [0.2, 0.25) is 0 Å². The molecule has 1 N–H and O–H groups in total. The first kappa shape index (κ1) is 81.6. The average Bonchev–Trinajstić information content (AvgIpc) is 3.51. The van der Waals surface area contributed by atoms with E-state index < -0.39 is 6.10 Å². The molecule has 0 aromatic rings. The fraction of sp³-hybridized carbons (Fsp3) is 0.750. The van der Waals surface area contributed by atoms with Crippen LogP contribution in [-0.4, -0.2) is 36.4 Å². The van der Waals surface area contributed by atoms with Crippen molar-refractivity contribution in [3.8, 4) is 0 Å². The zero-order valence-electron chi connectivity index (χ0n) is 56.4. The number of aliphatic hydroxyl groups is 1. The Morgan fingerprint density at radius 1 is 0.282 bits per heavy atom. The van der Waals surface area contributed by atoms with Crippen LogP contribution < -0.4 is 0 Å². The van der Waals surface area contributed by atoms with Crippen LogP contribution in [0.4, 0.5) is 0 Å². The van der Waals surface area contributed by atoms with Crippen molar-refractivity contribution in [2.45, 2.75) is 373 Å². The van der Waals surface area contributed by atoms with E-state index in [2.05, 4.69) is 123 Å². The van der Waals surface area contributed by atoms with Crippen molar-refractivity contribution in [1.29, 1.82) is 0 Å². The normalized spacial score (nSPS) is 12.8. The van der Waals surface area contributed by atoms with Crippen LogP contribution >= 0.6 is 0 Å². The van der Waals surface area contributed by atoms with Gasteiger partial charge in [0, 0.05) is 12.8 Å². The highest BCUT2D eigenvalue weighted by atomic mass is 16.6. The quantitative estimate of drug-likeness (QED) is 0.0373. The monoisotopic (exact) mass is 1180 g/mol. The predicted molar refractivity (Wildman–Crippen MR) is 375 cm³/mol. The third kappa shape index (κ3) is 72.9. The SMILES string of the molecule is CC/C=C\C/C=C\C/C=C\C/C=C\C/C=C\C/C=C\C/C=C\C/C=C\C/C=C\CCCCCCCCCCCCCC(=O)OC(CO)COC(=O)CCCCCCCCCCCCCCCCCCCCCCCCCCCCCCCCCC. The lowest BCUT2D eigenvalue weighted by atomic mass is 10.0. The van der Waals surface area contributed by atoms with Gasteiger partial charge in [-0.2, -0.15) is 0 Å². The van der Waals surface area contributed by atoms with Crippen molar-refractivity contribution in [2.75, 3.05) is 13.2 Å². The smallest absolute Gasteiger partial charge is 0.306 e.